The maximum Gasteiger partial charge on any atom is 0.429 e. The van der Waals surface area contributed by atoms with Crippen LogP contribution in [0.2, 0.25) is 0 Å². The number of alkyl halides is 2. The Kier molecular flexibility index (Phi) is 8.47. The van der Waals surface area contributed by atoms with Crippen LogP contribution < -0.4 is 4.74 Å². The van der Waals surface area contributed by atoms with Gasteiger partial charge < -0.3 is 4.74 Å². The fourth-order valence-electron chi connectivity index (χ4n) is 3.83. The average molecular weight is 576 g/mol. The molecule has 0 heterocycles. The molecule has 0 radical (unpaired) electrons. The maximum absolute atomic E-state index is 14.8. The van der Waals surface area contributed by atoms with Crippen molar-refractivity contribution in [2.45, 2.75) is 19.0 Å². The number of hydrogen-bond donors (Lipinski definition) is 0. The molecular formula is C31H17F9O. The zero-order chi connectivity index (χ0) is 29.9. The van der Waals surface area contributed by atoms with Gasteiger partial charge in [-0.3, -0.25) is 0 Å². The quantitative estimate of drug-likeness (QED) is 0.0924. The van der Waals surface area contributed by atoms with Crippen molar-refractivity contribution in [1.29, 1.82) is 0 Å². The molecule has 4 aromatic rings. The third-order valence-corrected chi connectivity index (χ3v) is 5.84. The van der Waals surface area contributed by atoms with Crippen molar-refractivity contribution < 1.29 is 44.3 Å². The summed E-state index contributed by atoms with van der Waals surface area (Å²) in [6.45, 7) is 3.58. The molecule has 0 saturated carbocycles. The van der Waals surface area contributed by atoms with Crippen molar-refractivity contribution >= 4 is 0 Å². The van der Waals surface area contributed by atoms with Crippen molar-refractivity contribution in [3.05, 3.63) is 136 Å². The van der Waals surface area contributed by atoms with Crippen LogP contribution in [-0.4, -0.2) is 0 Å². The number of hydrogen-bond acceptors (Lipinski definition) is 1. The summed E-state index contributed by atoms with van der Waals surface area (Å²) in [7, 11) is 0. The normalized spacial score (nSPS) is 11.1. The molecule has 0 bridgehead atoms. The van der Waals surface area contributed by atoms with Crippen LogP contribution in [0.3, 0.4) is 0 Å². The summed E-state index contributed by atoms with van der Waals surface area (Å²) in [4.78, 5) is 0. The minimum Gasteiger partial charge on any atom is -0.429 e. The van der Waals surface area contributed by atoms with E-state index in [1.165, 1.54) is 12.1 Å². The molecule has 0 unspecified atom stereocenters. The zero-order valence-electron chi connectivity index (χ0n) is 20.8. The van der Waals surface area contributed by atoms with Gasteiger partial charge in [0.25, 0.3) is 0 Å². The van der Waals surface area contributed by atoms with E-state index in [0.717, 1.165) is 6.07 Å². The van der Waals surface area contributed by atoms with E-state index < -0.39 is 69.3 Å². The second-order valence-corrected chi connectivity index (χ2v) is 8.72. The van der Waals surface area contributed by atoms with E-state index in [9.17, 15) is 39.5 Å². The van der Waals surface area contributed by atoms with Crippen LogP contribution in [0, 0.1) is 52.6 Å². The molecule has 0 atom stereocenters. The predicted molar refractivity (Wildman–Crippen MR) is 133 cm³/mol. The Morgan fingerprint density at radius 1 is 0.707 bits per heavy atom. The molecule has 0 fully saturated rings. The van der Waals surface area contributed by atoms with Crippen LogP contribution >= 0.6 is 0 Å². The first-order chi connectivity index (χ1) is 19.4. The molecule has 10 heteroatoms. The van der Waals surface area contributed by atoms with Crippen molar-refractivity contribution in [3.63, 3.8) is 0 Å². The van der Waals surface area contributed by atoms with E-state index in [-0.39, 0.29) is 11.1 Å². The van der Waals surface area contributed by atoms with Crippen LogP contribution in [0.4, 0.5) is 39.5 Å². The van der Waals surface area contributed by atoms with E-state index in [4.69, 9.17) is 0 Å². The number of rotatable bonds is 7. The second-order valence-electron chi connectivity index (χ2n) is 8.72. The molecule has 0 aromatic heterocycles. The summed E-state index contributed by atoms with van der Waals surface area (Å²) >= 11 is 0. The van der Waals surface area contributed by atoms with Crippen LogP contribution in [-0.2, 0) is 12.5 Å². The van der Waals surface area contributed by atoms with Gasteiger partial charge in [0.1, 0.15) is 29.0 Å². The third kappa shape index (κ3) is 6.57. The summed E-state index contributed by atoms with van der Waals surface area (Å²) in [6, 6.07) is 8.30. The molecule has 1 nitrogen and oxygen atoms in total. The highest BCUT2D eigenvalue weighted by Crippen LogP contribution is 2.36. The Morgan fingerprint density at radius 2 is 1.37 bits per heavy atom. The van der Waals surface area contributed by atoms with Crippen molar-refractivity contribution in [3.8, 4) is 28.7 Å². The largest absolute Gasteiger partial charge is 0.429 e. The number of aryl methyl sites for hydroxylation is 1. The monoisotopic (exact) mass is 576 g/mol. The number of allylic oxidation sites excluding steroid dienone is 1. The van der Waals surface area contributed by atoms with Crippen molar-refractivity contribution in [2.24, 2.45) is 0 Å². The van der Waals surface area contributed by atoms with Gasteiger partial charge in [0.2, 0.25) is 0 Å². The highest BCUT2D eigenvalue weighted by atomic mass is 19.3. The van der Waals surface area contributed by atoms with E-state index in [1.54, 1.807) is 12.1 Å². The van der Waals surface area contributed by atoms with Gasteiger partial charge in [0, 0.05) is 23.3 Å². The van der Waals surface area contributed by atoms with Crippen LogP contribution in [0.15, 0.2) is 73.3 Å². The van der Waals surface area contributed by atoms with Gasteiger partial charge in [-0.2, -0.15) is 8.78 Å². The molecule has 4 aromatic carbocycles. The lowest BCUT2D eigenvalue weighted by Crippen LogP contribution is -2.23. The Bertz CT molecular complexity index is 1650. The van der Waals surface area contributed by atoms with Gasteiger partial charge in [-0.05, 0) is 54.3 Å². The Morgan fingerprint density at radius 3 is 1.95 bits per heavy atom. The topological polar surface area (TPSA) is 9.23 Å². The first-order valence-corrected chi connectivity index (χ1v) is 11.8. The van der Waals surface area contributed by atoms with Gasteiger partial charge in [-0.1, -0.05) is 36.1 Å². The van der Waals surface area contributed by atoms with Crippen LogP contribution in [0.25, 0.3) is 11.1 Å². The maximum atomic E-state index is 14.8. The lowest BCUT2D eigenvalue weighted by Gasteiger charge is -2.19. The Labute approximate surface area is 228 Å². The van der Waals surface area contributed by atoms with Gasteiger partial charge in [-0.25, -0.2) is 30.7 Å². The number of benzene rings is 4. The summed E-state index contributed by atoms with van der Waals surface area (Å²) in [5, 5.41) is 0. The lowest BCUT2D eigenvalue weighted by atomic mass is 9.99. The highest BCUT2D eigenvalue weighted by molar-refractivity contribution is 5.65. The summed E-state index contributed by atoms with van der Waals surface area (Å²) in [5.74, 6) is -7.07. The number of halogens is 9. The molecule has 0 amide bonds. The Balaban J connectivity index is 1.56. The SMILES string of the molecule is C=CCCc1ccc(-c2ccc(C(F)(F)Oc3cc(F)c(C#Cc4cc(F)c(F)c(F)c4)c(F)c3)c(F)c2)c(F)c1. The second kappa shape index (κ2) is 11.8. The fourth-order valence-corrected chi connectivity index (χ4v) is 3.83. The van der Waals surface area contributed by atoms with Crippen LogP contribution in [0.5, 0.6) is 5.75 Å². The molecule has 210 valence electrons. The van der Waals surface area contributed by atoms with Gasteiger partial charge in [0.15, 0.2) is 17.5 Å². The molecule has 0 aliphatic rings. The van der Waals surface area contributed by atoms with Gasteiger partial charge in [-0.15, -0.1) is 6.58 Å². The van der Waals surface area contributed by atoms with Crippen LogP contribution in [0.1, 0.15) is 28.7 Å². The number of ether oxygens (including phenoxy) is 1. The van der Waals surface area contributed by atoms with Crippen molar-refractivity contribution in [1.82, 2.24) is 0 Å². The minimum absolute atomic E-state index is 0.0317. The molecule has 4 rings (SSSR count). The molecule has 0 N–H and O–H groups in total. The molecule has 0 saturated heterocycles. The smallest absolute Gasteiger partial charge is 0.429 e. The van der Waals surface area contributed by atoms with Gasteiger partial charge >= 0.3 is 6.11 Å². The van der Waals surface area contributed by atoms with E-state index in [0.29, 0.717) is 54.8 Å². The van der Waals surface area contributed by atoms with Gasteiger partial charge in [0.05, 0.1) is 11.1 Å². The summed E-state index contributed by atoms with van der Waals surface area (Å²) in [6.07, 6.45) is -1.61. The molecule has 0 aliphatic carbocycles. The zero-order valence-corrected chi connectivity index (χ0v) is 20.8. The Hall–Kier alpha value is -4.65. The van der Waals surface area contributed by atoms with E-state index in [1.807, 2.05) is 11.8 Å². The summed E-state index contributed by atoms with van der Waals surface area (Å²) < 4.78 is 132. The van der Waals surface area contributed by atoms with E-state index >= 15 is 0 Å². The standard InChI is InChI=1S/C31H17F9O/c1-2-3-4-17-5-8-21(24(32)11-17)19-7-10-23(27(35)14-19)31(39,40)41-20-15-25(33)22(26(34)16-20)9-6-18-12-28(36)30(38)29(37)13-18/h2,5,7-8,10-16H,1,3-4H2. The minimum atomic E-state index is -4.41. The third-order valence-electron chi connectivity index (χ3n) is 5.84. The highest BCUT2D eigenvalue weighted by Gasteiger charge is 2.38. The lowest BCUT2D eigenvalue weighted by molar-refractivity contribution is -0.187. The van der Waals surface area contributed by atoms with E-state index in [2.05, 4.69) is 11.3 Å². The molecule has 0 spiro atoms. The van der Waals surface area contributed by atoms with Crippen molar-refractivity contribution in [2.75, 3.05) is 0 Å². The first-order valence-electron chi connectivity index (χ1n) is 11.8. The molecule has 41 heavy (non-hydrogen) atoms. The fraction of sp³-hybridized carbons (Fsp3) is 0.0968. The average Bonchev–Trinajstić information content (AvgIpc) is 2.89. The predicted octanol–water partition coefficient (Wildman–Crippen LogP) is 8.97. The first kappa shape index (κ1) is 29.3. The molecular weight excluding hydrogens is 559 g/mol. The molecule has 0 aliphatic heterocycles. The summed E-state index contributed by atoms with van der Waals surface area (Å²) in [5.41, 5.74) is -2.09.